The van der Waals surface area contributed by atoms with E-state index >= 15 is 0 Å². The Morgan fingerprint density at radius 2 is 2.16 bits per heavy atom. The zero-order valence-electron chi connectivity index (χ0n) is 11.9. The molecule has 1 saturated heterocycles. The number of ether oxygens (including phenoxy) is 1. The summed E-state index contributed by atoms with van der Waals surface area (Å²) in [6, 6.07) is 0.485. The molecule has 0 aromatic carbocycles. The third-order valence-corrected chi connectivity index (χ3v) is 3.70. The van der Waals surface area contributed by atoms with Gasteiger partial charge in [-0.2, -0.15) is 0 Å². The van der Waals surface area contributed by atoms with E-state index in [1.54, 1.807) is 0 Å². The maximum absolute atomic E-state index is 12.0. The van der Waals surface area contributed by atoms with Gasteiger partial charge in [0.05, 0.1) is 7.11 Å². The molecule has 0 aliphatic carbocycles. The van der Waals surface area contributed by atoms with Crippen LogP contribution in [0, 0.1) is 0 Å². The number of piperidine rings is 1. The van der Waals surface area contributed by atoms with Gasteiger partial charge in [-0.05, 0) is 32.2 Å². The minimum absolute atomic E-state index is 0.225. The number of esters is 1. The van der Waals surface area contributed by atoms with Crippen molar-refractivity contribution in [2.75, 3.05) is 33.3 Å². The smallest absolute Gasteiger partial charge is 0.326 e. The average molecular weight is 269 g/mol. The highest BCUT2D eigenvalue weighted by molar-refractivity contribution is 5.81. The predicted molar refractivity (Wildman–Crippen MR) is 72.7 cm³/mol. The first-order chi connectivity index (χ1) is 9.05. The van der Waals surface area contributed by atoms with Crippen LogP contribution in [0.3, 0.4) is 0 Å². The monoisotopic (exact) mass is 269 g/mol. The van der Waals surface area contributed by atoms with E-state index in [0.29, 0.717) is 32.0 Å². The Labute approximate surface area is 113 Å². The maximum atomic E-state index is 12.0. The Morgan fingerprint density at radius 3 is 2.63 bits per heavy atom. The standard InChI is InChI=1S/C12H23N5O2/c1-10(2)17-8-4-12(5-9-17,11(18)19-3)14-6-7-15-16-13/h10,14H,4-9H2,1-3H3. The Bertz CT molecular complexity index is 344. The Balaban J connectivity index is 2.63. The van der Waals surface area contributed by atoms with E-state index < -0.39 is 5.54 Å². The fourth-order valence-corrected chi connectivity index (χ4v) is 2.46. The molecule has 0 amide bonds. The molecule has 108 valence electrons. The summed E-state index contributed by atoms with van der Waals surface area (Å²) in [6.07, 6.45) is 1.43. The van der Waals surface area contributed by atoms with E-state index in [1.165, 1.54) is 7.11 Å². The minimum Gasteiger partial charge on any atom is -0.468 e. The van der Waals surface area contributed by atoms with Crippen molar-refractivity contribution in [3.8, 4) is 0 Å². The summed E-state index contributed by atoms with van der Waals surface area (Å²) in [5.41, 5.74) is 7.62. The van der Waals surface area contributed by atoms with E-state index in [9.17, 15) is 4.79 Å². The number of nitrogens with one attached hydrogen (secondary N) is 1. The van der Waals surface area contributed by atoms with Crippen molar-refractivity contribution in [2.24, 2.45) is 5.11 Å². The van der Waals surface area contributed by atoms with Gasteiger partial charge in [0.2, 0.25) is 0 Å². The van der Waals surface area contributed by atoms with Crippen LogP contribution in [0.1, 0.15) is 26.7 Å². The molecule has 0 aromatic heterocycles. The molecule has 1 rings (SSSR count). The molecule has 0 aromatic rings. The van der Waals surface area contributed by atoms with Gasteiger partial charge in [0.25, 0.3) is 0 Å². The lowest BCUT2D eigenvalue weighted by molar-refractivity contribution is -0.151. The molecular weight excluding hydrogens is 246 g/mol. The second kappa shape index (κ2) is 7.33. The van der Waals surface area contributed by atoms with E-state index in [4.69, 9.17) is 10.3 Å². The SMILES string of the molecule is COC(=O)C1(NCCN=[N+]=[N-])CCN(C(C)C)CC1. The van der Waals surface area contributed by atoms with E-state index in [1.807, 2.05) is 0 Å². The van der Waals surface area contributed by atoms with Crippen molar-refractivity contribution in [3.63, 3.8) is 0 Å². The highest BCUT2D eigenvalue weighted by atomic mass is 16.5. The van der Waals surface area contributed by atoms with E-state index in [-0.39, 0.29) is 5.97 Å². The quantitative estimate of drug-likeness (QED) is 0.259. The lowest BCUT2D eigenvalue weighted by atomic mass is 9.87. The first-order valence-corrected chi connectivity index (χ1v) is 6.64. The van der Waals surface area contributed by atoms with Crippen molar-refractivity contribution < 1.29 is 9.53 Å². The average Bonchev–Trinajstić information content (AvgIpc) is 2.43. The van der Waals surface area contributed by atoms with Crippen LogP contribution in [0.25, 0.3) is 10.4 Å². The van der Waals surface area contributed by atoms with Gasteiger partial charge < -0.3 is 15.0 Å². The van der Waals surface area contributed by atoms with Crippen LogP contribution < -0.4 is 5.32 Å². The molecule has 0 unspecified atom stereocenters. The third kappa shape index (κ3) is 4.09. The van der Waals surface area contributed by atoms with Crippen LogP contribution in [0.2, 0.25) is 0 Å². The van der Waals surface area contributed by atoms with E-state index in [2.05, 4.69) is 34.1 Å². The molecule has 7 heteroatoms. The highest BCUT2D eigenvalue weighted by Crippen LogP contribution is 2.24. The number of likely N-dealkylation sites (tertiary alicyclic amines) is 1. The lowest BCUT2D eigenvalue weighted by Crippen LogP contribution is -2.60. The van der Waals surface area contributed by atoms with Crippen LogP contribution in [-0.2, 0) is 9.53 Å². The summed E-state index contributed by atoms with van der Waals surface area (Å²) in [6.45, 7) is 6.85. The van der Waals surface area contributed by atoms with Crippen molar-refractivity contribution in [1.82, 2.24) is 10.2 Å². The van der Waals surface area contributed by atoms with Crippen molar-refractivity contribution in [3.05, 3.63) is 10.4 Å². The molecule has 1 heterocycles. The van der Waals surface area contributed by atoms with Gasteiger partial charge in [0.15, 0.2) is 0 Å². The van der Waals surface area contributed by atoms with Crippen LogP contribution in [0.4, 0.5) is 0 Å². The number of hydrogen-bond acceptors (Lipinski definition) is 5. The summed E-state index contributed by atoms with van der Waals surface area (Å²) in [5.74, 6) is -0.225. The van der Waals surface area contributed by atoms with Gasteiger partial charge in [0.1, 0.15) is 5.54 Å². The van der Waals surface area contributed by atoms with Gasteiger partial charge in [-0.15, -0.1) is 0 Å². The third-order valence-electron chi connectivity index (χ3n) is 3.70. The fraction of sp³-hybridized carbons (Fsp3) is 0.917. The number of azide groups is 1. The number of nitrogens with zero attached hydrogens (tertiary/aromatic N) is 4. The lowest BCUT2D eigenvalue weighted by Gasteiger charge is -2.41. The molecule has 0 spiro atoms. The first-order valence-electron chi connectivity index (χ1n) is 6.64. The van der Waals surface area contributed by atoms with Gasteiger partial charge in [-0.25, -0.2) is 0 Å². The highest BCUT2D eigenvalue weighted by Gasteiger charge is 2.42. The summed E-state index contributed by atoms with van der Waals surface area (Å²) in [4.78, 5) is 17.1. The van der Waals surface area contributed by atoms with Crippen LogP contribution in [0.5, 0.6) is 0 Å². The topological polar surface area (TPSA) is 90.3 Å². The van der Waals surface area contributed by atoms with Crippen molar-refractivity contribution in [1.29, 1.82) is 0 Å². The normalized spacial score (nSPS) is 18.9. The largest absolute Gasteiger partial charge is 0.468 e. The van der Waals surface area contributed by atoms with E-state index in [0.717, 1.165) is 13.1 Å². The van der Waals surface area contributed by atoms with Gasteiger partial charge >= 0.3 is 5.97 Å². The summed E-state index contributed by atoms with van der Waals surface area (Å²) >= 11 is 0. The number of rotatable bonds is 6. The van der Waals surface area contributed by atoms with Crippen molar-refractivity contribution >= 4 is 5.97 Å². The molecule has 1 fully saturated rings. The van der Waals surface area contributed by atoms with Crippen LogP contribution in [-0.4, -0.2) is 55.7 Å². The number of carbonyl (C=O) groups is 1. The number of carbonyl (C=O) groups excluding carboxylic acids is 1. The van der Waals surface area contributed by atoms with Gasteiger partial charge in [-0.1, -0.05) is 5.11 Å². The Kier molecular flexibility index (Phi) is 6.08. The molecule has 19 heavy (non-hydrogen) atoms. The second-order valence-corrected chi connectivity index (χ2v) is 5.08. The summed E-state index contributed by atoms with van der Waals surface area (Å²) in [5, 5.41) is 6.69. The second-order valence-electron chi connectivity index (χ2n) is 5.08. The Hall–Kier alpha value is -1.30. The zero-order chi connectivity index (χ0) is 14.3. The van der Waals surface area contributed by atoms with Crippen LogP contribution in [0.15, 0.2) is 5.11 Å². The molecule has 0 atom stereocenters. The molecule has 7 nitrogen and oxygen atoms in total. The summed E-state index contributed by atoms with van der Waals surface area (Å²) < 4.78 is 4.92. The van der Waals surface area contributed by atoms with Gasteiger partial charge in [0, 0.05) is 37.1 Å². The minimum atomic E-state index is -0.634. The molecule has 0 bridgehead atoms. The van der Waals surface area contributed by atoms with Crippen LogP contribution >= 0.6 is 0 Å². The molecule has 1 N–H and O–H groups in total. The predicted octanol–water partition coefficient (Wildman–Crippen LogP) is 1.30. The summed E-state index contributed by atoms with van der Waals surface area (Å²) in [7, 11) is 1.41. The molecule has 0 saturated carbocycles. The first kappa shape index (κ1) is 15.8. The number of hydrogen-bond donors (Lipinski definition) is 1. The van der Waals surface area contributed by atoms with Crippen molar-refractivity contribution in [2.45, 2.75) is 38.3 Å². The zero-order valence-corrected chi connectivity index (χ0v) is 11.9. The molecule has 0 radical (unpaired) electrons. The molecule has 1 aliphatic heterocycles. The Morgan fingerprint density at radius 1 is 1.53 bits per heavy atom. The molecular formula is C12H23N5O2. The number of methoxy groups -OCH3 is 1. The maximum Gasteiger partial charge on any atom is 0.326 e. The molecule has 1 aliphatic rings. The van der Waals surface area contributed by atoms with Gasteiger partial charge in [-0.3, -0.25) is 4.79 Å². The fourth-order valence-electron chi connectivity index (χ4n) is 2.46.